The first kappa shape index (κ1) is 13.9. The van der Waals surface area contributed by atoms with E-state index in [1.807, 2.05) is 24.3 Å². The van der Waals surface area contributed by atoms with Crippen molar-refractivity contribution in [2.24, 2.45) is 0 Å². The highest BCUT2D eigenvalue weighted by Crippen LogP contribution is 2.09. The van der Waals surface area contributed by atoms with Crippen LogP contribution in [-0.4, -0.2) is 35.1 Å². The van der Waals surface area contributed by atoms with Crippen LogP contribution in [0.15, 0.2) is 24.3 Å². The molecule has 0 aliphatic heterocycles. The fraction of sp³-hybridized carbons (Fsp3) is 0.308. The Morgan fingerprint density at radius 3 is 2.85 bits per heavy atom. The van der Waals surface area contributed by atoms with Crippen molar-refractivity contribution in [2.45, 2.75) is 13.5 Å². The highest BCUT2D eigenvalue weighted by atomic mass is 16.5. The number of carbonyl (C=O) groups excluding carboxylic acids is 2. The number of carbonyl (C=O) groups is 2. The molecule has 2 rings (SSSR count). The number of ether oxygens (including phenoxy) is 1. The zero-order chi connectivity index (χ0) is 14.4. The van der Waals surface area contributed by atoms with Crippen LogP contribution >= 0.6 is 0 Å². The van der Waals surface area contributed by atoms with E-state index in [2.05, 4.69) is 20.6 Å². The van der Waals surface area contributed by atoms with Crippen molar-refractivity contribution < 1.29 is 14.3 Å². The molecule has 0 bridgehead atoms. The first-order chi connectivity index (χ1) is 9.69. The van der Waals surface area contributed by atoms with Gasteiger partial charge in [-0.25, -0.2) is 9.78 Å². The summed E-state index contributed by atoms with van der Waals surface area (Å²) in [5.74, 6) is 0.184. The number of benzene rings is 1. The Balaban J connectivity index is 1.79. The lowest BCUT2D eigenvalue weighted by molar-refractivity contribution is -0.141. The van der Waals surface area contributed by atoms with Crippen LogP contribution in [0.2, 0.25) is 0 Å². The molecule has 1 aromatic heterocycles. The lowest BCUT2D eigenvalue weighted by Crippen LogP contribution is -2.38. The van der Waals surface area contributed by atoms with Gasteiger partial charge in [0, 0.05) is 0 Å². The molecule has 2 aromatic rings. The molecule has 0 spiro atoms. The summed E-state index contributed by atoms with van der Waals surface area (Å²) in [7, 11) is 0. The molecule has 0 saturated heterocycles. The lowest BCUT2D eigenvalue weighted by atomic mass is 10.3. The SMILES string of the molecule is CCOC(=O)CNC(=O)NCc1nc2ccccc2[nH]1. The Morgan fingerprint density at radius 1 is 1.30 bits per heavy atom. The van der Waals surface area contributed by atoms with E-state index in [-0.39, 0.29) is 13.1 Å². The van der Waals surface area contributed by atoms with Crippen molar-refractivity contribution in [3.8, 4) is 0 Å². The van der Waals surface area contributed by atoms with Crippen LogP contribution in [0.25, 0.3) is 11.0 Å². The first-order valence-electron chi connectivity index (χ1n) is 6.30. The van der Waals surface area contributed by atoms with Gasteiger partial charge < -0.3 is 20.4 Å². The minimum atomic E-state index is -0.466. The highest BCUT2D eigenvalue weighted by molar-refractivity contribution is 5.80. The summed E-state index contributed by atoms with van der Waals surface area (Å²) in [6.45, 7) is 2.10. The second-order valence-corrected chi connectivity index (χ2v) is 4.04. The first-order valence-corrected chi connectivity index (χ1v) is 6.30. The van der Waals surface area contributed by atoms with Crippen LogP contribution in [-0.2, 0) is 16.1 Å². The summed E-state index contributed by atoms with van der Waals surface area (Å²) in [5, 5.41) is 5.01. The number of aromatic amines is 1. The minimum absolute atomic E-state index is 0.153. The minimum Gasteiger partial charge on any atom is -0.465 e. The van der Waals surface area contributed by atoms with E-state index in [4.69, 9.17) is 4.74 Å². The van der Waals surface area contributed by atoms with E-state index in [0.29, 0.717) is 12.4 Å². The fourth-order valence-electron chi connectivity index (χ4n) is 1.68. The molecule has 2 amide bonds. The van der Waals surface area contributed by atoms with Gasteiger partial charge in [-0.3, -0.25) is 4.79 Å². The van der Waals surface area contributed by atoms with Gasteiger partial charge in [0.2, 0.25) is 0 Å². The quantitative estimate of drug-likeness (QED) is 0.708. The van der Waals surface area contributed by atoms with E-state index in [1.165, 1.54) is 0 Å². The van der Waals surface area contributed by atoms with E-state index in [9.17, 15) is 9.59 Å². The van der Waals surface area contributed by atoms with Crippen LogP contribution in [0.5, 0.6) is 0 Å². The largest absolute Gasteiger partial charge is 0.465 e. The molecular formula is C13H16N4O3. The number of rotatable bonds is 5. The normalized spacial score (nSPS) is 10.2. The Hall–Kier alpha value is -2.57. The number of amides is 2. The molecule has 3 N–H and O–H groups in total. The average molecular weight is 276 g/mol. The number of H-pyrrole nitrogens is 1. The smallest absolute Gasteiger partial charge is 0.325 e. The summed E-state index contributed by atoms with van der Waals surface area (Å²) in [6, 6.07) is 7.15. The van der Waals surface area contributed by atoms with Gasteiger partial charge >= 0.3 is 12.0 Å². The highest BCUT2D eigenvalue weighted by Gasteiger charge is 2.07. The zero-order valence-corrected chi connectivity index (χ0v) is 11.1. The molecule has 0 saturated carbocycles. The van der Waals surface area contributed by atoms with Crippen molar-refractivity contribution in [1.29, 1.82) is 0 Å². The van der Waals surface area contributed by atoms with E-state index >= 15 is 0 Å². The molecular weight excluding hydrogens is 260 g/mol. The number of nitrogens with one attached hydrogen (secondary N) is 3. The lowest BCUT2D eigenvalue weighted by Gasteiger charge is -2.05. The van der Waals surface area contributed by atoms with Crippen LogP contribution in [0.3, 0.4) is 0 Å². The maximum atomic E-state index is 11.5. The number of para-hydroxylation sites is 2. The van der Waals surface area contributed by atoms with Crippen molar-refractivity contribution in [1.82, 2.24) is 20.6 Å². The van der Waals surface area contributed by atoms with Crippen molar-refractivity contribution in [2.75, 3.05) is 13.2 Å². The molecule has 20 heavy (non-hydrogen) atoms. The van der Waals surface area contributed by atoms with Crippen LogP contribution in [0.1, 0.15) is 12.7 Å². The topological polar surface area (TPSA) is 96.1 Å². The van der Waals surface area contributed by atoms with Crippen LogP contribution in [0, 0.1) is 0 Å². The van der Waals surface area contributed by atoms with Gasteiger partial charge in [0.1, 0.15) is 12.4 Å². The molecule has 1 aromatic carbocycles. The molecule has 106 valence electrons. The van der Waals surface area contributed by atoms with Crippen LogP contribution < -0.4 is 10.6 Å². The Bertz CT molecular complexity index is 575. The summed E-state index contributed by atoms with van der Waals surface area (Å²) in [5.41, 5.74) is 1.76. The summed E-state index contributed by atoms with van der Waals surface area (Å²) >= 11 is 0. The molecule has 7 nitrogen and oxygen atoms in total. The van der Waals surface area contributed by atoms with Gasteiger partial charge in [0.15, 0.2) is 0 Å². The second kappa shape index (κ2) is 6.55. The predicted molar refractivity (Wildman–Crippen MR) is 73.0 cm³/mol. The van der Waals surface area contributed by atoms with Gasteiger partial charge in [-0.15, -0.1) is 0 Å². The molecule has 0 aliphatic rings. The molecule has 0 aliphatic carbocycles. The Morgan fingerprint density at radius 2 is 2.10 bits per heavy atom. The molecule has 0 fully saturated rings. The van der Waals surface area contributed by atoms with Gasteiger partial charge in [0.25, 0.3) is 0 Å². The third-order valence-electron chi connectivity index (χ3n) is 2.55. The monoisotopic (exact) mass is 276 g/mol. The van der Waals surface area contributed by atoms with Crippen molar-refractivity contribution in [3.63, 3.8) is 0 Å². The Kier molecular flexibility index (Phi) is 4.54. The van der Waals surface area contributed by atoms with E-state index in [0.717, 1.165) is 11.0 Å². The number of urea groups is 1. The number of imidazole rings is 1. The molecule has 7 heteroatoms. The van der Waals surface area contributed by atoms with Gasteiger partial charge in [0.05, 0.1) is 24.2 Å². The number of hydrogen-bond acceptors (Lipinski definition) is 4. The number of aromatic nitrogens is 2. The standard InChI is InChI=1S/C13H16N4O3/c1-2-20-12(18)8-15-13(19)14-7-11-16-9-5-3-4-6-10(9)17-11/h3-6H,2,7-8H2,1H3,(H,16,17)(H2,14,15,19). The summed E-state index contributed by atoms with van der Waals surface area (Å²) < 4.78 is 4.69. The van der Waals surface area contributed by atoms with E-state index < -0.39 is 12.0 Å². The number of esters is 1. The van der Waals surface area contributed by atoms with Crippen molar-refractivity contribution in [3.05, 3.63) is 30.1 Å². The van der Waals surface area contributed by atoms with Gasteiger partial charge in [-0.2, -0.15) is 0 Å². The third kappa shape index (κ3) is 3.71. The van der Waals surface area contributed by atoms with Crippen molar-refractivity contribution >= 4 is 23.0 Å². The Labute approximate surface area is 115 Å². The molecule has 0 radical (unpaired) electrons. The molecule has 0 unspecified atom stereocenters. The fourth-order valence-corrected chi connectivity index (χ4v) is 1.68. The van der Waals surface area contributed by atoms with Gasteiger partial charge in [-0.1, -0.05) is 12.1 Å². The molecule has 0 atom stereocenters. The van der Waals surface area contributed by atoms with E-state index in [1.54, 1.807) is 6.92 Å². The summed E-state index contributed by atoms with van der Waals surface area (Å²) in [4.78, 5) is 29.9. The number of fused-ring (bicyclic) bond motifs is 1. The second-order valence-electron chi connectivity index (χ2n) is 4.04. The molecule has 1 heterocycles. The van der Waals surface area contributed by atoms with Gasteiger partial charge in [-0.05, 0) is 19.1 Å². The zero-order valence-electron chi connectivity index (χ0n) is 11.1. The maximum absolute atomic E-state index is 11.5. The third-order valence-corrected chi connectivity index (χ3v) is 2.55. The predicted octanol–water partition coefficient (Wildman–Crippen LogP) is 0.925. The maximum Gasteiger partial charge on any atom is 0.325 e. The number of nitrogens with zero attached hydrogens (tertiary/aromatic N) is 1. The number of hydrogen-bond donors (Lipinski definition) is 3. The average Bonchev–Trinajstić information content (AvgIpc) is 2.86. The summed E-state index contributed by atoms with van der Waals surface area (Å²) in [6.07, 6.45) is 0. The van der Waals surface area contributed by atoms with Crippen LogP contribution in [0.4, 0.5) is 4.79 Å².